The first-order valence-electron chi connectivity index (χ1n) is 6.60. The maximum absolute atomic E-state index is 5.35. The van der Waals surface area contributed by atoms with E-state index in [1.165, 1.54) is 29.9 Å². The van der Waals surface area contributed by atoms with Crippen LogP contribution >= 0.6 is 11.8 Å². The predicted octanol–water partition coefficient (Wildman–Crippen LogP) is 2.97. The zero-order valence-electron chi connectivity index (χ0n) is 11.2. The van der Waals surface area contributed by atoms with Gasteiger partial charge in [0.15, 0.2) is 0 Å². The molecule has 0 unspecified atom stereocenters. The van der Waals surface area contributed by atoms with Crippen LogP contribution in [0.3, 0.4) is 0 Å². The first-order valence-corrected chi connectivity index (χ1v) is 7.58. The van der Waals surface area contributed by atoms with Crippen molar-refractivity contribution in [2.75, 3.05) is 30.3 Å². The van der Waals surface area contributed by atoms with Crippen molar-refractivity contribution in [1.29, 1.82) is 0 Å². The maximum Gasteiger partial charge on any atom is 0.109 e. The van der Waals surface area contributed by atoms with E-state index in [9.17, 15) is 0 Å². The third-order valence-electron chi connectivity index (χ3n) is 3.20. The van der Waals surface area contributed by atoms with Gasteiger partial charge in [0.1, 0.15) is 12.4 Å². The standard InChI is InChI=1S/C15H20N2OS/c1-3-13-19-15-8-7-14(16-9-5-6-10-16)17(15)11-12-18-4-2/h1,4,7-8H,2,5-6,9-13H2. The summed E-state index contributed by atoms with van der Waals surface area (Å²) in [6.07, 6.45) is 9.40. The Kier molecular flexibility index (Phi) is 5.29. The lowest BCUT2D eigenvalue weighted by molar-refractivity contribution is 0.234. The van der Waals surface area contributed by atoms with Gasteiger partial charge < -0.3 is 14.2 Å². The lowest BCUT2D eigenvalue weighted by Gasteiger charge is -2.21. The third-order valence-corrected chi connectivity index (χ3v) is 4.16. The molecule has 1 aromatic heterocycles. The largest absolute Gasteiger partial charge is 0.500 e. The second kappa shape index (κ2) is 7.20. The summed E-state index contributed by atoms with van der Waals surface area (Å²) in [4.78, 5) is 2.44. The Balaban J connectivity index is 2.13. The predicted molar refractivity (Wildman–Crippen MR) is 81.6 cm³/mol. The highest BCUT2D eigenvalue weighted by molar-refractivity contribution is 7.99. The van der Waals surface area contributed by atoms with Crippen LogP contribution in [0.4, 0.5) is 5.82 Å². The number of rotatable bonds is 7. The van der Waals surface area contributed by atoms with E-state index in [-0.39, 0.29) is 0 Å². The van der Waals surface area contributed by atoms with Gasteiger partial charge in [-0.05, 0) is 25.0 Å². The van der Waals surface area contributed by atoms with Crippen molar-refractivity contribution in [3.05, 3.63) is 25.0 Å². The smallest absolute Gasteiger partial charge is 0.109 e. The van der Waals surface area contributed by atoms with Gasteiger partial charge in [-0.2, -0.15) is 0 Å². The molecule has 1 aliphatic rings. The average molecular weight is 276 g/mol. The normalized spacial score (nSPS) is 14.4. The van der Waals surface area contributed by atoms with E-state index >= 15 is 0 Å². The highest BCUT2D eigenvalue weighted by atomic mass is 32.2. The molecule has 0 bridgehead atoms. The van der Waals surface area contributed by atoms with Crippen molar-refractivity contribution < 1.29 is 4.74 Å². The van der Waals surface area contributed by atoms with Crippen molar-refractivity contribution in [2.45, 2.75) is 24.4 Å². The third kappa shape index (κ3) is 3.51. The SMILES string of the molecule is C#CCSc1ccc(N2CCCC2)n1CCOC=C. The molecule has 2 heterocycles. The molecule has 3 nitrogen and oxygen atoms in total. The summed E-state index contributed by atoms with van der Waals surface area (Å²) in [5, 5.41) is 1.22. The molecule has 0 aromatic carbocycles. The average Bonchev–Trinajstić information content (AvgIpc) is 3.05. The zero-order valence-corrected chi connectivity index (χ0v) is 12.0. The summed E-state index contributed by atoms with van der Waals surface area (Å²) in [6.45, 7) is 7.34. The van der Waals surface area contributed by atoms with Crippen LogP contribution in [0.1, 0.15) is 12.8 Å². The molecule has 1 fully saturated rings. The van der Waals surface area contributed by atoms with Gasteiger partial charge >= 0.3 is 0 Å². The second-order valence-corrected chi connectivity index (χ2v) is 5.40. The van der Waals surface area contributed by atoms with Crippen LogP contribution in [-0.4, -0.2) is 30.0 Å². The lowest BCUT2D eigenvalue weighted by Crippen LogP contribution is -2.22. The monoisotopic (exact) mass is 276 g/mol. The second-order valence-electron chi connectivity index (χ2n) is 4.41. The summed E-state index contributed by atoms with van der Waals surface area (Å²) in [7, 11) is 0. The number of aromatic nitrogens is 1. The van der Waals surface area contributed by atoms with Crippen LogP contribution in [0, 0.1) is 12.3 Å². The van der Waals surface area contributed by atoms with Crippen LogP contribution in [0.2, 0.25) is 0 Å². The molecule has 0 atom stereocenters. The Morgan fingerprint density at radius 2 is 2.21 bits per heavy atom. The van der Waals surface area contributed by atoms with Crippen LogP contribution in [0.5, 0.6) is 0 Å². The molecule has 1 saturated heterocycles. The molecule has 4 heteroatoms. The van der Waals surface area contributed by atoms with Crippen molar-refractivity contribution in [3.63, 3.8) is 0 Å². The molecule has 0 radical (unpaired) electrons. The van der Waals surface area contributed by atoms with Gasteiger partial charge in [-0.25, -0.2) is 0 Å². The van der Waals surface area contributed by atoms with Gasteiger partial charge in [0, 0.05) is 13.1 Å². The lowest BCUT2D eigenvalue weighted by atomic mass is 10.4. The molecule has 1 aliphatic heterocycles. The number of terminal acetylenes is 1. The molecule has 0 aliphatic carbocycles. The highest BCUT2D eigenvalue weighted by Crippen LogP contribution is 2.29. The number of thioether (sulfide) groups is 1. The Morgan fingerprint density at radius 1 is 1.42 bits per heavy atom. The van der Waals surface area contributed by atoms with Crippen LogP contribution in [0.15, 0.2) is 30.0 Å². The van der Waals surface area contributed by atoms with E-state index in [4.69, 9.17) is 11.2 Å². The van der Waals surface area contributed by atoms with Crippen LogP contribution in [0.25, 0.3) is 0 Å². The number of hydrogen-bond donors (Lipinski definition) is 0. The van der Waals surface area contributed by atoms with Crippen molar-refractivity contribution in [2.24, 2.45) is 0 Å². The van der Waals surface area contributed by atoms with Crippen molar-refractivity contribution in [3.8, 4) is 12.3 Å². The molecule has 2 rings (SSSR count). The van der Waals surface area contributed by atoms with Gasteiger partial charge in [0.25, 0.3) is 0 Å². The number of nitrogens with zero attached hydrogens (tertiary/aromatic N) is 2. The Labute approximate surface area is 119 Å². The number of ether oxygens (including phenoxy) is 1. The number of hydrogen-bond acceptors (Lipinski definition) is 3. The minimum absolute atomic E-state index is 0.642. The van der Waals surface area contributed by atoms with Gasteiger partial charge in [-0.3, -0.25) is 0 Å². The highest BCUT2D eigenvalue weighted by Gasteiger charge is 2.18. The fourth-order valence-corrected chi connectivity index (χ4v) is 3.09. The summed E-state index contributed by atoms with van der Waals surface area (Å²) < 4.78 is 7.56. The first kappa shape index (κ1) is 14.0. The summed E-state index contributed by atoms with van der Waals surface area (Å²) in [5.41, 5.74) is 0. The summed E-state index contributed by atoms with van der Waals surface area (Å²) >= 11 is 1.70. The van der Waals surface area contributed by atoms with E-state index < -0.39 is 0 Å². The Bertz CT molecular complexity index is 455. The Morgan fingerprint density at radius 3 is 2.89 bits per heavy atom. The fraction of sp³-hybridized carbons (Fsp3) is 0.467. The van der Waals surface area contributed by atoms with Crippen LogP contribution < -0.4 is 4.90 Å². The van der Waals surface area contributed by atoms with Gasteiger partial charge in [0.2, 0.25) is 0 Å². The topological polar surface area (TPSA) is 17.4 Å². The minimum Gasteiger partial charge on any atom is -0.500 e. The molecule has 0 saturated carbocycles. The van der Waals surface area contributed by atoms with E-state index in [2.05, 4.69) is 34.1 Å². The van der Waals surface area contributed by atoms with Gasteiger partial charge in [-0.1, -0.05) is 24.3 Å². The van der Waals surface area contributed by atoms with Gasteiger partial charge in [-0.15, -0.1) is 6.42 Å². The quantitative estimate of drug-likeness (QED) is 0.330. The van der Waals surface area contributed by atoms with Crippen LogP contribution in [-0.2, 0) is 11.3 Å². The Hall–Kier alpha value is -1.47. The van der Waals surface area contributed by atoms with Crippen molar-refractivity contribution >= 4 is 17.6 Å². The molecule has 0 N–H and O–H groups in total. The summed E-state index contributed by atoms with van der Waals surface area (Å²) in [5.74, 6) is 4.66. The van der Waals surface area contributed by atoms with Gasteiger partial charge in [0.05, 0.1) is 23.6 Å². The molecular weight excluding hydrogens is 256 g/mol. The molecule has 102 valence electrons. The molecular formula is C15H20N2OS. The first-order chi connectivity index (χ1) is 9.36. The molecule has 1 aromatic rings. The molecule has 0 amide bonds. The van der Waals surface area contributed by atoms with E-state index in [1.807, 2.05) is 0 Å². The minimum atomic E-state index is 0.642. The summed E-state index contributed by atoms with van der Waals surface area (Å²) in [6, 6.07) is 4.35. The van der Waals surface area contributed by atoms with E-state index in [0.717, 1.165) is 19.6 Å². The molecule has 19 heavy (non-hydrogen) atoms. The molecule has 0 spiro atoms. The van der Waals surface area contributed by atoms with E-state index in [1.54, 1.807) is 11.8 Å². The maximum atomic E-state index is 5.35. The zero-order chi connectivity index (χ0) is 13.5. The number of anilines is 1. The fourth-order valence-electron chi connectivity index (χ4n) is 2.35. The van der Waals surface area contributed by atoms with Crippen molar-refractivity contribution in [1.82, 2.24) is 4.57 Å². The van der Waals surface area contributed by atoms with E-state index in [0.29, 0.717) is 12.4 Å².